The van der Waals surface area contributed by atoms with Crippen LogP contribution in [-0.2, 0) is 13.1 Å². The standard InChI is InChI=1S/C28H31ClN2O/c1-32-24-12-7-11-22(16-24)25-20-31(17-21-8-3-2-4-9-21)28-14-15-30(19-26(25)28)18-23-10-5-6-13-27(23)29/h2-13,16,25-26,28H,14-15,17-20H2,1H3/t25-,26-,28-/m1/s1. The van der Waals surface area contributed by atoms with E-state index in [1.165, 1.54) is 23.1 Å². The zero-order chi connectivity index (χ0) is 21.9. The lowest BCUT2D eigenvalue weighted by atomic mass is 9.81. The Bertz CT molecular complexity index is 1040. The highest BCUT2D eigenvalue weighted by molar-refractivity contribution is 6.31. The van der Waals surface area contributed by atoms with Crippen molar-refractivity contribution in [2.45, 2.75) is 31.5 Å². The second-order valence-corrected chi connectivity index (χ2v) is 9.55. The number of likely N-dealkylation sites (tertiary alicyclic amines) is 2. The predicted octanol–water partition coefficient (Wildman–Crippen LogP) is 5.84. The fourth-order valence-corrected chi connectivity index (χ4v) is 5.84. The molecule has 32 heavy (non-hydrogen) atoms. The van der Waals surface area contributed by atoms with Gasteiger partial charge in [-0.1, -0.05) is 72.3 Å². The molecule has 2 aliphatic rings. The normalized spacial score (nSPS) is 23.8. The Hall–Kier alpha value is -2.33. The minimum Gasteiger partial charge on any atom is -0.497 e. The summed E-state index contributed by atoms with van der Waals surface area (Å²) in [5.74, 6) is 2.05. The molecule has 2 fully saturated rings. The highest BCUT2D eigenvalue weighted by Crippen LogP contribution is 2.43. The van der Waals surface area contributed by atoms with Crippen molar-refractivity contribution in [3.63, 3.8) is 0 Å². The molecule has 2 heterocycles. The molecule has 3 aromatic carbocycles. The summed E-state index contributed by atoms with van der Waals surface area (Å²) in [6.45, 7) is 5.25. The third kappa shape index (κ3) is 4.56. The molecular weight excluding hydrogens is 416 g/mol. The monoisotopic (exact) mass is 446 g/mol. The largest absolute Gasteiger partial charge is 0.497 e. The molecule has 0 N–H and O–H groups in total. The maximum absolute atomic E-state index is 6.48. The van der Waals surface area contributed by atoms with E-state index < -0.39 is 0 Å². The summed E-state index contributed by atoms with van der Waals surface area (Å²) in [4.78, 5) is 5.32. The molecule has 0 radical (unpaired) electrons. The molecule has 166 valence electrons. The van der Waals surface area contributed by atoms with Gasteiger partial charge in [-0.25, -0.2) is 0 Å². The molecule has 0 spiro atoms. The maximum Gasteiger partial charge on any atom is 0.119 e. The van der Waals surface area contributed by atoms with Gasteiger partial charge in [-0.3, -0.25) is 9.80 Å². The van der Waals surface area contributed by atoms with Crippen molar-refractivity contribution in [1.82, 2.24) is 9.80 Å². The van der Waals surface area contributed by atoms with E-state index in [0.29, 0.717) is 17.9 Å². The Labute approximate surface area is 196 Å². The van der Waals surface area contributed by atoms with Crippen molar-refractivity contribution in [3.8, 4) is 5.75 Å². The molecule has 0 amide bonds. The van der Waals surface area contributed by atoms with Gasteiger partial charge in [0, 0.05) is 43.2 Å². The molecule has 3 atom stereocenters. The average molecular weight is 447 g/mol. The van der Waals surface area contributed by atoms with Gasteiger partial charge in [-0.15, -0.1) is 0 Å². The first-order chi connectivity index (χ1) is 15.7. The third-order valence-electron chi connectivity index (χ3n) is 7.22. The third-order valence-corrected chi connectivity index (χ3v) is 7.59. The number of piperidine rings is 1. The predicted molar refractivity (Wildman–Crippen MR) is 131 cm³/mol. The molecule has 3 aromatic rings. The quantitative estimate of drug-likeness (QED) is 0.473. The minimum absolute atomic E-state index is 0.507. The highest BCUT2D eigenvalue weighted by atomic mass is 35.5. The first-order valence-corrected chi connectivity index (χ1v) is 12.0. The fraction of sp³-hybridized carbons (Fsp3) is 0.357. The van der Waals surface area contributed by atoms with Gasteiger partial charge in [0.15, 0.2) is 0 Å². The number of rotatable bonds is 6. The number of benzene rings is 3. The molecule has 0 unspecified atom stereocenters. The zero-order valence-corrected chi connectivity index (χ0v) is 19.4. The van der Waals surface area contributed by atoms with Gasteiger partial charge in [0.2, 0.25) is 0 Å². The molecule has 4 heteroatoms. The van der Waals surface area contributed by atoms with E-state index >= 15 is 0 Å². The van der Waals surface area contributed by atoms with Crippen LogP contribution in [0.15, 0.2) is 78.9 Å². The topological polar surface area (TPSA) is 15.7 Å². The fourth-order valence-electron chi connectivity index (χ4n) is 5.65. The summed E-state index contributed by atoms with van der Waals surface area (Å²) in [6.07, 6.45) is 1.20. The zero-order valence-electron chi connectivity index (χ0n) is 18.7. The molecule has 0 aliphatic carbocycles. The van der Waals surface area contributed by atoms with Gasteiger partial charge >= 0.3 is 0 Å². The van der Waals surface area contributed by atoms with Crippen molar-refractivity contribution in [3.05, 3.63) is 101 Å². The maximum atomic E-state index is 6.48. The molecule has 5 rings (SSSR count). The van der Waals surface area contributed by atoms with Crippen LogP contribution in [0.25, 0.3) is 0 Å². The lowest BCUT2D eigenvalue weighted by Crippen LogP contribution is -2.46. The summed E-state index contributed by atoms with van der Waals surface area (Å²) >= 11 is 6.48. The first-order valence-electron chi connectivity index (χ1n) is 11.6. The van der Waals surface area contributed by atoms with Crippen LogP contribution < -0.4 is 4.74 Å². The SMILES string of the molecule is COc1cccc([C@H]2CN(Cc3ccccc3)[C@@H]3CCN(Cc4ccccc4Cl)C[C@H]23)c1. The minimum atomic E-state index is 0.507. The average Bonchev–Trinajstić information content (AvgIpc) is 3.19. The number of fused-ring (bicyclic) bond motifs is 1. The lowest BCUT2D eigenvalue weighted by molar-refractivity contribution is 0.101. The van der Waals surface area contributed by atoms with Crippen molar-refractivity contribution in [2.24, 2.45) is 5.92 Å². The molecule has 2 aliphatic heterocycles. The molecular formula is C28H31ClN2O. The lowest BCUT2D eigenvalue weighted by Gasteiger charge is -2.39. The van der Waals surface area contributed by atoms with Gasteiger partial charge < -0.3 is 4.74 Å². The first kappa shape index (κ1) is 21.5. The molecule has 0 bridgehead atoms. The van der Waals surface area contributed by atoms with E-state index in [-0.39, 0.29) is 0 Å². The number of halogens is 1. The molecule has 2 saturated heterocycles. The van der Waals surface area contributed by atoms with E-state index in [2.05, 4.69) is 70.5 Å². The van der Waals surface area contributed by atoms with Crippen molar-refractivity contribution in [2.75, 3.05) is 26.7 Å². The van der Waals surface area contributed by atoms with E-state index in [9.17, 15) is 0 Å². The number of nitrogens with zero attached hydrogens (tertiary/aromatic N) is 2. The molecule has 0 saturated carbocycles. The summed E-state index contributed by atoms with van der Waals surface area (Å²) in [7, 11) is 1.75. The van der Waals surface area contributed by atoms with Crippen LogP contribution in [-0.4, -0.2) is 42.6 Å². The van der Waals surface area contributed by atoms with Crippen LogP contribution in [0.2, 0.25) is 5.02 Å². The molecule has 3 nitrogen and oxygen atoms in total. The molecule has 0 aromatic heterocycles. The Kier molecular flexibility index (Phi) is 6.49. The van der Waals surface area contributed by atoms with Crippen molar-refractivity contribution >= 4 is 11.6 Å². The highest BCUT2D eigenvalue weighted by Gasteiger charge is 2.45. The number of hydrogen-bond acceptors (Lipinski definition) is 3. The Morgan fingerprint density at radius 1 is 0.906 bits per heavy atom. The second-order valence-electron chi connectivity index (χ2n) is 9.14. The number of ether oxygens (including phenoxy) is 1. The van der Waals surface area contributed by atoms with Gasteiger partial charge in [-0.2, -0.15) is 0 Å². The van der Waals surface area contributed by atoms with E-state index in [1.807, 2.05) is 18.2 Å². The van der Waals surface area contributed by atoms with Crippen LogP contribution in [0, 0.1) is 5.92 Å². The summed E-state index contributed by atoms with van der Waals surface area (Å²) in [5, 5.41) is 0.871. The Balaban J connectivity index is 1.39. The van der Waals surface area contributed by atoms with E-state index in [0.717, 1.165) is 43.5 Å². The van der Waals surface area contributed by atoms with Crippen molar-refractivity contribution < 1.29 is 4.74 Å². The van der Waals surface area contributed by atoms with Crippen LogP contribution in [0.4, 0.5) is 0 Å². The summed E-state index contributed by atoms with van der Waals surface area (Å²) < 4.78 is 5.55. The Morgan fingerprint density at radius 2 is 1.72 bits per heavy atom. The van der Waals surface area contributed by atoms with Crippen molar-refractivity contribution in [1.29, 1.82) is 0 Å². The van der Waals surface area contributed by atoms with Crippen LogP contribution in [0.5, 0.6) is 5.75 Å². The van der Waals surface area contributed by atoms with Gasteiger partial charge in [0.25, 0.3) is 0 Å². The van der Waals surface area contributed by atoms with Crippen LogP contribution in [0.1, 0.15) is 29.0 Å². The van der Waals surface area contributed by atoms with E-state index in [4.69, 9.17) is 16.3 Å². The summed E-state index contributed by atoms with van der Waals surface area (Å²) in [5.41, 5.74) is 4.02. The number of hydrogen-bond donors (Lipinski definition) is 0. The van der Waals surface area contributed by atoms with Crippen LogP contribution >= 0.6 is 11.6 Å². The van der Waals surface area contributed by atoms with Gasteiger partial charge in [0.1, 0.15) is 5.75 Å². The summed E-state index contributed by atoms with van der Waals surface area (Å²) in [6, 6.07) is 28.4. The van der Waals surface area contributed by atoms with Gasteiger partial charge in [-0.05, 0) is 53.8 Å². The van der Waals surface area contributed by atoms with Crippen LogP contribution in [0.3, 0.4) is 0 Å². The second kappa shape index (κ2) is 9.66. The van der Waals surface area contributed by atoms with Gasteiger partial charge in [0.05, 0.1) is 7.11 Å². The number of methoxy groups -OCH3 is 1. The van der Waals surface area contributed by atoms with E-state index in [1.54, 1.807) is 7.11 Å². The smallest absolute Gasteiger partial charge is 0.119 e. The Morgan fingerprint density at radius 3 is 2.53 bits per heavy atom.